The van der Waals surface area contributed by atoms with Gasteiger partial charge in [0.1, 0.15) is 18.9 Å². The fraction of sp³-hybridized carbons (Fsp3) is 0.292. The predicted molar refractivity (Wildman–Crippen MR) is 124 cm³/mol. The van der Waals surface area contributed by atoms with E-state index in [0.717, 1.165) is 11.3 Å². The molecule has 9 nitrogen and oxygen atoms in total. The van der Waals surface area contributed by atoms with Gasteiger partial charge in [0.15, 0.2) is 17.7 Å². The van der Waals surface area contributed by atoms with Gasteiger partial charge < -0.3 is 25.0 Å². The van der Waals surface area contributed by atoms with Gasteiger partial charge in [-0.1, -0.05) is 23.8 Å². The van der Waals surface area contributed by atoms with Crippen LogP contribution in [0.3, 0.4) is 0 Å². The number of aromatic nitrogens is 2. The number of nitrogens with zero attached hydrogens (tertiary/aromatic N) is 3. The number of amides is 2. The number of halogens is 1. The normalized spacial score (nSPS) is 14.4. The summed E-state index contributed by atoms with van der Waals surface area (Å²) in [6.07, 6.45) is 2.09. The van der Waals surface area contributed by atoms with E-state index in [-0.39, 0.29) is 24.7 Å². The van der Waals surface area contributed by atoms with Crippen LogP contribution in [0, 0.1) is 12.7 Å². The van der Waals surface area contributed by atoms with Crippen molar-refractivity contribution in [2.24, 2.45) is 0 Å². The number of rotatable bonds is 8. The summed E-state index contributed by atoms with van der Waals surface area (Å²) < 4.78 is 26.6. The molecule has 0 bridgehead atoms. The highest BCUT2D eigenvalue weighted by atomic mass is 19.1. The number of benzene rings is 2. The highest BCUT2D eigenvalue weighted by molar-refractivity contribution is 5.95. The molecule has 10 heteroatoms. The van der Waals surface area contributed by atoms with Crippen LogP contribution in [-0.2, 0) is 16.1 Å². The van der Waals surface area contributed by atoms with Crippen molar-refractivity contribution in [3.63, 3.8) is 0 Å². The van der Waals surface area contributed by atoms with E-state index in [0.29, 0.717) is 24.5 Å². The number of nitrogens with one attached hydrogen (secondary N) is 2. The van der Waals surface area contributed by atoms with Gasteiger partial charge >= 0.3 is 0 Å². The van der Waals surface area contributed by atoms with E-state index in [2.05, 4.69) is 15.7 Å². The first-order valence-electron chi connectivity index (χ1n) is 10.8. The van der Waals surface area contributed by atoms with Crippen molar-refractivity contribution in [3.05, 3.63) is 66.2 Å². The third-order valence-corrected chi connectivity index (χ3v) is 5.34. The van der Waals surface area contributed by atoms with E-state index in [4.69, 9.17) is 9.47 Å². The molecule has 0 saturated carbocycles. The van der Waals surface area contributed by atoms with Gasteiger partial charge in [-0.2, -0.15) is 5.10 Å². The average molecular weight is 468 g/mol. The van der Waals surface area contributed by atoms with Gasteiger partial charge in [0, 0.05) is 13.2 Å². The van der Waals surface area contributed by atoms with E-state index in [1.165, 1.54) is 16.9 Å². The van der Waals surface area contributed by atoms with E-state index >= 15 is 0 Å². The maximum absolute atomic E-state index is 13.9. The lowest BCUT2D eigenvalue weighted by molar-refractivity contribution is -0.131. The van der Waals surface area contributed by atoms with Crippen molar-refractivity contribution < 1.29 is 23.5 Å². The second-order valence-electron chi connectivity index (χ2n) is 8.00. The summed E-state index contributed by atoms with van der Waals surface area (Å²) in [5, 5.41) is 9.80. The van der Waals surface area contributed by atoms with E-state index < -0.39 is 17.8 Å². The summed E-state index contributed by atoms with van der Waals surface area (Å²) >= 11 is 0. The summed E-state index contributed by atoms with van der Waals surface area (Å²) in [5.74, 6) is -0.368. The number of likely N-dealkylation sites (N-methyl/N-ethyl adjacent to an activating group) is 1. The van der Waals surface area contributed by atoms with Crippen molar-refractivity contribution >= 4 is 23.2 Å². The van der Waals surface area contributed by atoms with Gasteiger partial charge in [-0.25, -0.2) is 4.39 Å². The molecule has 0 fully saturated rings. The number of hydrogen-bond donors (Lipinski definition) is 2. The number of para-hydroxylation sites is 1. The van der Waals surface area contributed by atoms with E-state index in [1.807, 2.05) is 31.2 Å². The maximum atomic E-state index is 13.9. The van der Waals surface area contributed by atoms with Crippen LogP contribution in [0.1, 0.15) is 5.56 Å². The maximum Gasteiger partial charge on any atom is 0.267 e. The first-order valence-corrected chi connectivity index (χ1v) is 10.8. The number of hydrogen-bond acceptors (Lipinski definition) is 6. The molecule has 1 aromatic heterocycles. The third-order valence-electron chi connectivity index (χ3n) is 5.34. The van der Waals surface area contributed by atoms with Gasteiger partial charge in [0.05, 0.1) is 30.7 Å². The Bertz CT molecular complexity index is 1160. The zero-order chi connectivity index (χ0) is 24.1. The average Bonchev–Trinajstić information content (AvgIpc) is 3.26. The fourth-order valence-electron chi connectivity index (χ4n) is 3.36. The molecular formula is C24H26FN5O4. The molecule has 3 aromatic rings. The Kier molecular flexibility index (Phi) is 6.95. The summed E-state index contributed by atoms with van der Waals surface area (Å²) in [6.45, 7) is 3.00. The largest absolute Gasteiger partial charge is 0.492 e. The molecule has 1 aliphatic heterocycles. The molecule has 1 atom stereocenters. The van der Waals surface area contributed by atoms with Crippen LogP contribution < -0.4 is 20.1 Å². The lowest BCUT2D eigenvalue weighted by atomic mass is 10.2. The van der Waals surface area contributed by atoms with Crippen LogP contribution in [0.15, 0.2) is 54.9 Å². The lowest BCUT2D eigenvalue weighted by Crippen LogP contribution is -2.41. The van der Waals surface area contributed by atoms with Crippen LogP contribution in [0.2, 0.25) is 0 Å². The van der Waals surface area contributed by atoms with Crippen molar-refractivity contribution in [1.82, 2.24) is 14.7 Å². The Labute approximate surface area is 196 Å². The first-order chi connectivity index (χ1) is 16.4. The topological polar surface area (TPSA) is 97.7 Å². The van der Waals surface area contributed by atoms with E-state index in [9.17, 15) is 14.0 Å². The summed E-state index contributed by atoms with van der Waals surface area (Å²) in [5.41, 5.74) is 2.06. The third kappa shape index (κ3) is 5.64. The van der Waals surface area contributed by atoms with Crippen LogP contribution >= 0.6 is 0 Å². The van der Waals surface area contributed by atoms with E-state index in [1.54, 1.807) is 30.3 Å². The molecule has 0 radical (unpaired) electrons. The molecule has 2 N–H and O–H groups in total. The van der Waals surface area contributed by atoms with Crippen LogP contribution in [0.5, 0.6) is 11.5 Å². The Morgan fingerprint density at radius 3 is 2.88 bits per heavy atom. The SMILES string of the molecule is Cc1ccc(OCCN(C)C(=O)Cn2cc(NC(=O)C3CNc4cccc(F)c4O3)cn2)cc1. The highest BCUT2D eigenvalue weighted by Gasteiger charge is 2.28. The van der Waals surface area contributed by atoms with Crippen molar-refractivity contribution in [3.8, 4) is 11.5 Å². The molecule has 178 valence electrons. The number of ether oxygens (including phenoxy) is 2. The zero-order valence-corrected chi connectivity index (χ0v) is 19.0. The Morgan fingerprint density at radius 1 is 1.29 bits per heavy atom. The van der Waals surface area contributed by atoms with Gasteiger partial charge in [-0.3, -0.25) is 14.3 Å². The number of aryl methyl sites for hydroxylation is 1. The number of carbonyl (C=O) groups is 2. The van der Waals surface area contributed by atoms with Gasteiger partial charge in [0.25, 0.3) is 5.91 Å². The lowest BCUT2D eigenvalue weighted by Gasteiger charge is -2.26. The number of carbonyl (C=O) groups excluding carboxylic acids is 2. The van der Waals surface area contributed by atoms with Crippen LogP contribution in [0.25, 0.3) is 0 Å². The second kappa shape index (κ2) is 10.2. The first kappa shape index (κ1) is 23.1. The Balaban J connectivity index is 1.24. The van der Waals surface area contributed by atoms with Crippen LogP contribution in [0.4, 0.5) is 15.8 Å². The number of fused-ring (bicyclic) bond motifs is 1. The van der Waals surface area contributed by atoms with Crippen molar-refractivity contribution in [1.29, 1.82) is 0 Å². The molecule has 1 unspecified atom stereocenters. The molecule has 2 heterocycles. The molecule has 0 aliphatic carbocycles. The minimum absolute atomic E-state index is 0.0109. The Morgan fingerprint density at radius 2 is 2.09 bits per heavy atom. The quantitative estimate of drug-likeness (QED) is 0.529. The molecule has 2 amide bonds. The van der Waals surface area contributed by atoms with Gasteiger partial charge in [0.2, 0.25) is 5.91 Å². The second-order valence-corrected chi connectivity index (χ2v) is 8.00. The minimum atomic E-state index is -0.908. The van der Waals surface area contributed by atoms with Crippen molar-refractivity contribution in [2.75, 3.05) is 37.4 Å². The van der Waals surface area contributed by atoms with Gasteiger partial charge in [-0.15, -0.1) is 0 Å². The predicted octanol–water partition coefficient (Wildman–Crippen LogP) is 2.68. The zero-order valence-electron chi connectivity index (χ0n) is 19.0. The molecular weight excluding hydrogens is 441 g/mol. The smallest absolute Gasteiger partial charge is 0.267 e. The molecule has 0 spiro atoms. The van der Waals surface area contributed by atoms with Gasteiger partial charge in [-0.05, 0) is 31.2 Å². The highest BCUT2D eigenvalue weighted by Crippen LogP contribution is 2.31. The Hall–Kier alpha value is -4.08. The molecule has 34 heavy (non-hydrogen) atoms. The molecule has 0 saturated heterocycles. The number of anilines is 2. The van der Waals surface area contributed by atoms with Crippen LogP contribution in [-0.4, -0.2) is 59.3 Å². The monoisotopic (exact) mass is 467 g/mol. The summed E-state index contributed by atoms with van der Waals surface area (Å²) in [4.78, 5) is 26.6. The molecule has 2 aromatic carbocycles. The minimum Gasteiger partial charge on any atom is -0.492 e. The fourth-order valence-corrected chi connectivity index (χ4v) is 3.36. The molecule has 1 aliphatic rings. The summed E-state index contributed by atoms with van der Waals surface area (Å²) in [6, 6.07) is 12.2. The molecule has 4 rings (SSSR count). The standard InChI is InChI=1S/C24H26FN5O4/c1-16-6-8-18(9-7-16)33-11-10-29(2)22(31)15-30-14-17(12-27-30)28-24(32)21-13-26-20-5-3-4-19(25)23(20)34-21/h3-9,12,14,21,26H,10-11,13,15H2,1-2H3,(H,28,32). The summed E-state index contributed by atoms with van der Waals surface area (Å²) in [7, 11) is 1.69. The van der Waals surface area contributed by atoms with Crippen molar-refractivity contribution in [2.45, 2.75) is 19.6 Å².